The maximum atomic E-state index is 12.5. The monoisotopic (exact) mass is 295 g/mol. The summed E-state index contributed by atoms with van der Waals surface area (Å²) in [6.45, 7) is 4.43. The van der Waals surface area contributed by atoms with Crippen molar-refractivity contribution in [3.63, 3.8) is 0 Å². The molecule has 4 heteroatoms. The molecule has 102 valence electrons. The summed E-state index contributed by atoms with van der Waals surface area (Å²) in [6, 6.07) is 8.38. The van der Waals surface area contributed by atoms with E-state index in [1.165, 1.54) is 4.90 Å². The summed E-state index contributed by atoms with van der Waals surface area (Å²) >= 11 is 8.23. The zero-order valence-corrected chi connectivity index (χ0v) is 12.8. The summed E-state index contributed by atoms with van der Waals surface area (Å²) < 4.78 is 0.00148. The number of amides is 1. The smallest absolute Gasteiger partial charge is 0.227 e. The van der Waals surface area contributed by atoms with E-state index in [0.29, 0.717) is 6.42 Å². The Balaban J connectivity index is 2.12. The van der Waals surface area contributed by atoms with E-state index in [0.717, 1.165) is 18.5 Å². The van der Waals surface area contributed by atoms with Crippen molar-refractivity contribution < 1.29 is 4.79 Å². The van der Waals surface area contributed by atoms with Crippen molar-refractivity contribution >= 4 is 35.0 Å². The van der Waals surface area contributed by atoms with Gasteiger partial charge >= 0.3 is 0 Å². The third-order valence-corrected chi connectivity index (χ3v) is 5.79. The first kappa shape index (κ1) is 13.3. The molecule has 1 aromatic rings. The Morgan fingerprint density at radius 3 is 2.89 bits per heavy atom. The molecule has 0 spiro atoms. The minimum Gasteiger partial charge on any atom is -0.307 e. The van der Waals surface area contributed by atoms with Gasteiger partial charge in [-0.25, -0.2) is 0 Å². The number of thioether (sulfide) groups is 1. The van der Waals surface area contributed by atoms with Crippen LogP contribution >= 0.6 is 23.4 Å². The number of carbonyl (C=O) groups is 1. The van der Waals surface area contributed by atoms with Gasteiger partial charge in [0.25, 0.3) is 0 Å². The quantitative estimate of drug-likeness (QED) is 0.673. The first-order chi connectivity index (χ1) is 8.99. The highest BCUT2D eigenvalue weighted by Gasteiger charge is 2.45. The lowest BCUT2D eigenvalue weighted by atomic mass is 9.95. The number of anilines is 1. The summed E-state index contributed by atoms with van der Waals surface area (Å²) in [4.78, 5) is 15.7. The SMILES string of the molecule is CC1(C)Sc2ccccc2N2C(=O)CC[C@H](Cl)C[C@@H]21. The number of para-hydroxylation sites is 1. The van der Waals surface area contributed by atoms with E-state index in [2.05, 4.69) is 26.0 Å². The number of rotatable bonds is 0. The van der Waals surface area contributed by atoms with Gasteiger partial charge in [-0.05, 0) is 38.8 Å². The second-order valence-electron chi connectivity index (χ2n) is 5.82. The van der Waals surface area contributed by atoms with Crippen LogP contribution in [0.25, 0.3) is 0 Å². The lowest BCUT2D eigenvalue weighted by Crippen LogP contribution is -2.52. The van der Waals surface area contributed by atoms with Crippen LogP contribution in [0.5, 0.6) is 0 Å². The number of benzene rings is 1. The Morgan fingerprint density at radius 2 is 2.11 bits per heavy atom. The molecule has 2 aliphatic heterocycles. The van der Waals surface area contributed by atoms with Crippen LogP contribution in [0, 0.1) is 0 Å². The zero-order valence-electron chi connectivity index (χ0n) is 11.2. The van der Waals surface area contributed by atoms with Gasteiger partial charge in [0, 0.05) is 21.4 Å². The van der Waals surface area contributed by atoms with Gasteiger partial charge in [-0.3, -0.25) is 4.79 Å². The van der Waals surface area contributed by atoms with E-state index in [4.69, 9.17) is 11.6 Å². The normalized spacial score (nSPS) is 29.4. The average Bonchev–Trinajstić information content (AvgIpc) is 2.50. The van der Waals surface area contributed by atoms with Gasteiger partial charge in [0.1, 0.15) is 0 Å². The van der Waals surface area contributed by atoms with Crippen LogP contribution in [0.3, 0.4) is 0 Å². The summed E-state index contributed by atoms with van der Waals surface area (Å²) in [5, 5.41) is 0.101. The summed E-state index contributed by atoms with van der Waals surface area (Å²) in [7, 11) is 0. The van der Waals surface area contributed by atoms with Crippen LogP contribution in [0.4, 0.5) is 5.69 Å². The van der Waals surface area contributed by atoms with Crippen molar-refractivity contribution in [1.29, 1.82) is 0 Å². The Bertz CT molecular complexity index is 517. The van der Waals surface area contributed by atoms with E-state index in [1.807, 2.05) is 28.8 Å². The van der Waals surface area contributed by atoms with E-state index in [1.54, 1.807) is 0 Å². The molecule has 0 N–H and O–H groups in total. The van der Waals surface area contributed by atoms with Crippen LogP contribution in [0.15, 0.2) is 29.2 Å². The highest BCUT2D eigenvalue weighted by molar-refractivity contribution is 8.01. The number of hydrogen-bond acceptors (Lipinski definition) is 2. The lowest BCUT2D eigenvalue weighted by Gasteiger charge is -2.46. The Kier molecular flexibility index (Phi) is 3.30. The fourth-order valence-electron chi connectivity index (χ4n) is 3.03. The minimum absolute atomic E-state index is 0.00148. The average molecular weight is 296 g/mol. The third kappa shape index (κ3) is 2.27. The van der Waals surface area contributed by atoms with Crippen molar-refractivity contribution in [3.05, 3.63) is 24.3 Å². The summed E-state index contributed by atoms with van der Waals surface area (Å²) in [5.74, 6) is 0.217. The highest BCUT2D eigenvalue weighted by Crippen LogP contribution is 2.50. The number of halogens is 1. The maximum absolute atomic E-state index is 12.5. The van der Waals surface area contributed by atoms with Crippen LogP contribution in [0.2, 0.25) is 0 Å². The summed E-state index contributed by atoms with van der Waals surface area (Å²) in [5.41, 5.74) is 1.06. The fourth-order valence-corrected chi connectivity index (χ4v) is 4.63. The first-order valence-corrected chi connectivity index (χ1v) is 7.98. The molecule has 2 atom stereocenters. The Labute approximate surface area is 123 Å². The van der Waals surface area contributed by atoms with Gasteiger partial charge in [-0.1, -0.05) is 12.1 Å². The van der Waals surface area contributed by atoms with Crippen LogP contribution in [-0.2, 0) is 4.79 Å². The molecule has 0 unspecified atom stereocenters. The molecule has 1 aromatic carbocycles. The highest BCUT2D eigenvalue weighted by atomic mass is 35.5. The molecule has 1 saturated heterocycles. The number of nitrogens with zero attached hydrogens (tertiary/aromatic N) is 1. The minimum atomic E-state index is 0.00148. The van der Waals surface area contributed by atoms with Gasteiger partial charge in [0.05, 0.1) is 11.7 Å². The van der Waals surface area contributed by atoms with Gasteiger partial charge in [-0.2, -0.15) is 0 Å². The standard InChI is InChI=1S/C15H18ClNOS/c1-15(2)13-9-10(16)7-8-14(18)17(13)11-5-3-4-6-12(11)19-15/h3-6,10,13H,7-9H2,1-2H3/t10-,13+/m0/s1. The first-order valence-electron chi connectivity index (χ1n) is 6.73. The molecule has 2 nitrogen and oxygen atoms in total. The van der Waals surface area contributed by atoms with E-state index in [-0.39, 0.29) is 22.1 Å². The van der Waals surface area contributed by atoms with Crippen molar-refractivity contribution in [3.8, 4) is 0 Å². The number of alkyl halides is 1. The van der Waals surface area contributed by atoms with E-state index < -0.39 is 0 Å². The van der Waals surface area contributed by atoms with Crippen molar-refractivity contribution in [2.75, 3.05) is 4.90 Å². The molecule has 0 saturated carbocycles. The molecule has 3 rings (SSSR count). The fraction of sp³-hybridized carbons (Fsp3) is 0.533. The number of hydrogen-bond donors (Lipinski definition) is 0. The molecule has 0 bridgehead atoms. The second kappa shape index (κ2) is 4.71. The van der Waals surface area contributed by atoms with Gasteiger partial charge in [0.15, 0.2) is 0 Å². The predicted molar refractivity (Wildman–Crippen MR) is 81.1 cm³/mol. The maximum Gasteiger partial charge on any atom is 0.227 e. The van der Waals surface area contributed by atoms with Gasteiger partial charge in [0.2, 0.25) is 5.91 Å². The van der Waals surface area contributed by atoms with Crippen molar-refractivity contribution in [1.82, 2.24) is 0 Å². The zero-order chi connectivity index (χ0) is 13.6. The molecule has 0 aliphatic carbocycles. The van der Waals surface area contributed by atoms with Crippen LogP contribution < -0.4 is 4.90 Å². The number of fused-ring (bicyclic) bond motifs is 3. The summed E-state index contributed by atoms with van der Waals surface area (Å²) in [6.07, 6.45) is 2.22. The lowest BCUT2D eigenvalue weighted by molar-refractivity contribution is -0.119. The predicted octanol–water partition coefficient (Wildman–Crippen LogP) is 4.06. The van der Waals surface area contributed by atoms with Crippen molar-refractivity contribution in [2.45, 2.75) is 54.2 Å². The molecule has 1 fully saturated rings. The van der Waals surface area contributed by atoms with E-state index in [9.17, 15) is 4.79 Å². The molecule has 0 radical (unpaired) electrons. The Hall–Kier alpha value is -0.670. The second-order valence-corrected chi connectivity index (χ2v) is 8.14. The van der Waals surface area contributed by atoms with Gasteiger partial charge < -0.3 is 4.90 Å². The molecular weight excluding hydrogens is 278 g/mol. The molecule has 2 heterocycles. The van der Waals surface area contributed by atoms with Crippen molar-refractivity contribution in [2.24, 2.45) is 0 Å². The Morgan fingerprint density at radius 1 is 1.37 bits per heavy atom. The molecule has 2 aliphatic rings. The van der Waals surface area contributed by atoms with Crippen LogP contribution in [-0.4, -0.2) is 22.1 Å². The number of carbonyl (C=O) groups excluding carboxylic acids is 1. The van der Waals surface area contributed by atoms with Gasteiger partial charge in [-0.15, -0.1) is 23.4 Å². The molecular formula is C15H18ClNOS. The third-order valence-electron chi connectivity index (χ3n) is 4.03. The molecule has 0 aromatic heterocycles. The topological polar surface area (TPSA) is 20.3 Å². The van der Waals surface area contributed by atoms with Crippen LogP contribution in [0.1, 0.15) is 33.1 Å². The van der Waals surface area contributed by atoms with E-state index >= 15 is 0 Å². The molecule has 19 heavy (non-hydrogen) atoms. The molecule has 1 amide bonds. The largest absolute Gasteiger partial charge is 0.307 e.